The fraction of sp³-hybridized carbons (Fsp3) is 0.636. The minimum atomic E-state index is -4.54. The van der Waals surface area contributed by atoms with Crippen LogP contribution in [0.2, 0.25) is 0 Å². The van der Waals surface area contributed by atoms with E-state index in [9.17, 15) is 27.9 Å². The lowest BCUT2D eigenvalue weighted by atomic mass is 9.91. The SMILES string of the molecule is C/C(=C\c1cc(N2CCOCC2)cc(C(F)(F)F)c1)[C@H]1OC(=O)C[C@H](O)CC[C@H](C)[C@@H](OC(=O)N2CCN(C)CC2)C=C[C@@H]1C. The van der Waals surface area contributed by atoms with E-state index in [1.54, 1.807) is 30.0 Å². The van der Waals surface area contributed by atoms with Crippen molar-refractivity contribution in [1.29, 1.82) is 0 Å². The fourth-order valence-electron chi connectivity index (χ4n) is 5.86. The maximum Gasteiger partial charge on any atom is 0.416 e. The third-order valence-electron chi connectivity index (χ3n) is 8.74. The molecular weight excluding hydrogens is 591 g/mol. The second kappa shape index (κ2) is 15.5. The van der Waals surface area contributed by atoms with Crippen LogP contribution < -0.4 is 4.90 Å². The van der Waals surface area contributed by atoms with Gasteiger partial charge in [-0.2, -0.15) is 13.2 Å². The number of piperazine rings is 1. The number of carbonyl (C=O) groups excluding carboxylic acids is 2. The van der Waals surface area contributed by atoms with Crippen LogP contribution in [-0.2, 0) is 25.2 Å². The third kappa shape index (κ3) is 9.95. The molecule has 1 aromatic carbocycles. The molecular formula is C33H46F3N3O6. The van der Waals surface area contributed by atoms with Gasteiger partial charge in [0.1, 0.15) is 12.2 Å². The van der Waals surface area contributed by atoms with Gasteiger partial charge in [0.2, 0.25) is 0 Å². The molecule has 0 saturated carbocycles. The van der Waals surface area contributed by atoms with E-state index in [2.05, 4.69) is 4.90 Å². The van der Waals surface area contributed by atoms with E-state index in [1.807, 2.05) is 31.9 Å². The molecule has 0 aliphatic carbocycles. The first-order valence-electron chi connectivity index (χ1n) is 15.7. The summed E-state index contributed by atoms with van der Waals surface area (Å²) >= 11 is 0. The van der Waals surface area contributed by atoms with E-state index in [1.165, 1.54) is 0 Å². The lowest BCUT2D eigenvalue weighted by Crippen LogP contribution is -2.48. The Kier molecular flexibility index (Phi) is 12.0. The molecule has 1 aromatic rings. The standard InChI is InChI=1S/C33H46F3N3O6/c1-22-5-7-28(40)21-30(41)45-31(23(2)6-8-29(22)44-32(42)39-11-9-37(4)10-12-39)24(3)17-25-18-26(33(34,35)36)20-27(19-25)38-13-15-43-16-14-38/h6,8,17-20,22-23,28-29,31,40H,5,7,9-16,21H2,1-4H3/b8-6?,24-17+/t22-,23-,28+,29-,31-/m0/s1. The van der Waals surface area contributed by atoms with Gasteiger partial charge in [0.15, 0.2) is 0 Å². The largest absolute Gasteiger partial charge is 0.457 e. The van der Waals surface area contributed by atoms with Gasteiger partial charge in [0, 0.05) is 50.9 Å². The first-order chi connectivity index (χ1) is 21.3. The number of amides is 1. The minimum absolute atomic E-state index is 0.131. The Labute approximate surface area is 263 Å². The number of alkyl halides is 3. The molecule has 45 heavy (non-hydrogen) atoms. The molecule has 250 valence electrons. The van der Waals surface area contributed by atoms with E-state index in [0.717, 1.165) is 25.2 Å². The Morgan fingerprint density at radius 1 is 1.02 bits per heavy atom. The van der Waals surface area contributed by atoms with Gasteiger partial charge in [-0.25, -0.2) is 4.79 Å². The zero-order chi connectivity index (χ0) is 32.7. The molecule has 5 atom stereocenters. The summed E-state index contributed by atoms with van der Waals surface area (Å²) in [4.78, 5) is 31.6. The Balaban J connectivity index is 1.62. The number of cyclic esters (lactones) is 1. The predicted octanol–water partition coefficient (Wildman–Crippen LogP) is 4.98. The van der Waals surface area contributed by atoms with Crippen molar-refractivity contribution in [2.45, 2.75) is 64.5 Å². The molecule has 0 bridgehead atoms. The molecule has 2 saturated heterocycles. The van der Waals surface area contributed by atoms with Crippen LogP contribution in [0.1, 0.15) is 51.2 Å². The number of aliphatic hydroxyl groups excluding tert-OH is 1. The van der Waals surface area contributed by atoms with Gasteiger partial charge in [0.05, 0.1) is 31.3 Å². The Hall–Kier alpha value is -3.09. The molecule has 0 aromatic heterocycles. The van der Waals surface area contributed by atoms with E-state index in [-0.39, 0.29) is 12.3 Å². The Morgan fingerprint density at radius 2 is 1.71 bits per heavy atom. The molecule has 0 radical (unpaired) electrons. The summed E-state index contributed by atoms with van der Waals surface area (Å²) in [5.74, 6) is -1.14. The number of hydrogen-bond acceptors (Lipinski definition) is 8. The van der Waals surface area contributed by atoms with Gasteiger partial charge in [-0.3, -0.25) is 4.79 Å². The second-order valence-corrected chi connectivity index (χ2v) is 12.5. The van der Waals surface area contributed by atoms with Gasteiger partial charge in [-0.15, -0.1) is 0 Å². The summed E-state index contributed by atoms with van der Waals surface area (Å²) in [6.45, 7) is 9.96. The van der Waals surface area contributed by atoms with Crippen LogP contribution in [0.4, 0.5) is 23.7 Å². The van der Waals surface area contributed by atoms with Gasteiger partial charge in [-0.05, 0) is 68.1 Å². The maximum absolute atomic E-state index is 13.9. The summed E-state index contributed by atoms with van der Waals surface area (Å²) in [5.41, 5.74) is 0.544. The minimum Gasteiger partial charge on any atom is -0.457 e. The fourth-order valence-corrected chi connectivity index (χ4v) is 5.86. The average molecular weight is 638 g/mol. The van der Waals surface area contributed by atoms with E-state index < -0.39 is 48.0 Å². The maximum atomic E-state index is 13.9. The number of anilines is 1. The number of nitrogens with zero attached hydrogens (tertiary/aromatic N) is 3. The molecule has 3 aliphatic heterocycles. The van der Waals surface area contributed by atoms with Gasteiger partial charge in [-0.1, -0.05) is 26.0 Å². The molecule has 1 amide bonds. The quantitative estimate of drug-likeness (QED) is 0.365. The summed E-state index contributed by atoms with van der Waals surface area (Å²) in [6.07, 6.45) is -1.44. The number of morpholine rings is 1. The average Bonchev–Trinajstić information content (AvgIpc) is 3.00. The zero-order valence-electron chi connectivity index (χ0n) is 26.6. The number of carbonyl (C=O) groups is 2. The van der Waals surface area contributed by atoms with Crippen molar-refractivity contribution in [1.82, 2.24) is 9.80 Å². The van der Waals surface area contributed by atoms with Crippen LogP contribution in [0, 0.1) is 11.8 Å². The predicted molar refractivity (Wildman–Crippen MR) is 165 cm³/mol. The number of aliphatic hydroxyl groups is 1. The first kappa shape index (κ1) is 34.8. The smallest absolute Gasteiger partial charge is 0.416 e. The molecule has 1 N–H and O–H groups in total. The topological polar surface area (TPSA) is 91.8 Å². The van der Waals surface area contributed by atoms with Crippen molar-refractivity contribution in [3.63, 3.8) is 0 Å². The zero-order valence-corrected chi connectivity index (χ0v) is 26.6. The number of likely N-dealkylation sites (N-methyl/N-ethyl adjacent to an activating group) is 1. The van der Waals surface area contributed by atoms with Crippen LogP contribution in [-0.4, -0.2) is 105 Å². The van der Waals surface area contributed by atoms with Crippen molar-refractivity contribution in [3.8, 4) is 0 Å². The number of halogens is 3. The van der Waals surface area contributed by atoms with Gasteiger partial charge in [0.25, 0.3) is 0 Å². The Morgan fingerprint density at radius 3 is 2.38 bits per heavy atom. The second-order valence-electron chi connectivity index (χ2n) is 12.5. The van der Waals surface area contributed by atoms with Crippen molar-refractivity contribution in [2.24, 2.45) is 11.8 Å². The highest BCUT2D eigenvalue weighted by Crippen LogP contribution is 2.34. The normalized spacial score (nSPS) is 28.2. The van der Waals surface area contributed by atoms with Gasteiger partial charge >= 0.3 is 18.2 Å². The molecule has 4 rings (SSSR count). The molecule has 0 spiro atoms. The summed E-state index contributed by atoms with van der Waals surface area (Å²) in [6, 6.07) is 3.93. The first-order valence-corrected chi connectivity index (χ1v) is 15.7. The highest BCUT2D eigenvalue weighted by Gasteiger charge is 2.33. The third-order valence-corrected chi connectivity index (χ3v) is 8.74. The van der Waals surface area contributed by atoms with Crippen LogP contribution in [0.5, 0.6) is 0 Å². The van der Waals surface area contributed by atoms with Crippen LogP contribution in [0.15, 0.2) is 35.9 Å². The highest BCUT2D eigenvalue weighted by molar-refractivity contribution is 5.71. The molecule has 2 fully saturated rings. The van der Waals surface area contributed by atoms with Crippen LogP contribution in [0.3, 0.4) is 0 Å². The van der Waals surface area contributed by atoms with Crippen molar-refractivity contribution >= 4 is 23.8 Å². The van der Waals surface area contributed by atoms with Crippen molar-refractivity contribution in [3.05, 3.63) is 47.1 Å². The number of hydrogen-bond donors (Lipinski definition) is 1. The van der Waals surface area contributed by atoms with Gasteiger partial charge < -0.3 is 34.0 Å². The number of benzene rings is 1. The van der Waals surface area contributed by atoms with E-state index >= 15 is 0 Å². The summed E-state index contributed by atoms with van der Waals surface area (Å²) in [5, 5.41) is 10.6. The van der Waals surface area contributed by atoms with Crippen LogP contribution in [0.25, 0.3) is 6.08 Å². The monoisotopic (exact) mass is 637 g/mol. The molecule has 12 heteroatoms. The number of ether oxygens (including phenoxy) is 3. The van der Waals surface area contributed by atoms with Crippen molar-refractivity contribution in [2.75, 3.05) is 64.4 Å². The van der Waals surface area contributed by atoms with E-state index in [0.29, 0.717) is 69.1 Å². The summed E-state index contributed by atoms with van der Waals surface area (Å²) in [7, 11) is 2.00. The van der Waals surface area contributed by atoms with Crippen LogP contribution >= 0.6 is 0 Å². The molecule has 0 unspecified atom stereocenters. The molecule has 3 aliphatic rings. The lowest BCUT2D eigenvalue weighted by molar-refractivity contribution is -0.151. The van der Waals surface area contributed by atoms with E-state index in [4.69, 9.17) is 14.2 Å². The molecule has 9 nitrogen and oxygen atoms in total. The number of esters is 1. The summed E-state index contributed by atoms with van der Waals surface area (Å²) < 4.78 is 58.9. The lowest BCUT2D eigenvalue weighted by Gasteiger charge is -2.33. The highest BCUT2D eigenvalue weighted by atomic mass is 19.4. The Bertz CT molecular complexity index is 1220. The van der Waals surface area contributed by atoms with Crippen molar-refractivity contribution < 1.29 is 42.1 Å². The number of rotatable bonds is 4. The molecule has 3 heterocycles.